The molecule has 9 heteroatoms. The number of aromatic nitrogens is 2. The zero-order valence-electron chi connectivity index (χ0n) is 13.4. The average molecular weight is 354 g/mol. The normalized spacial score (nSPS) is 12.5. The number of ether oxygens (including phenoxy) is 2. The van der Waals surface area contributed by atoms with E-state index in [9.17, 15) is 9.59 Å². The number of rotatable bonds is 3. The summed E-state index contributed by atoms with van der Waals surface area (Å²) >= 11 is 0. The van der Waals surface area contributed by atoms with E-state index in [1.54, 1.807) is 24.3 Å². The molecule has 0 spiro atoms. The molecule has 132 valence electrons. The molecule has 0 aliphatic carbocycles. The molecule has 1 aromatic carbocycles. The summed E-state index contributed by atoms with van der Waals surface area (Å²) in [5.41, 5.74) is 6.07. The minimum Gasteiger partial charge on any atom is -0.486 e. The number of nitrogens with one attached hydrogen (secondary N) is 3. The van der Waals surface area contributed by atoms with Gasteiger partial charge in [-0.15, -0.1) is 0 Å². The zero-order chi connectivity index (χ0) is 17.9. The summed E-state index contributed by atoms with van der Waals surface area (Å²) in [5.74, 6) is 0.248. The van der Waals surface area contributed by atoms with E-state index in [1.807, 2.05) is 0 Å². The molecule has 0 radical (unpaired) electrons. The SMILES string of the molecule is O=C(NNC(=O)c1cn[nH]c1-c1ccc2c(c1)OCCO2)c1ccco1. The van der Waals surface area contributed by atoms with Gasteiger partial charge in [0.05, 0.1) is 23.7 Å². The van der Waals surface area contributed by atoms with E-state index in [0.717, 1.165) is 0 Å². The first kappa shape index (κ1) is 15.8. The number of hydrazine groups is 1. The van der Waals surface area contributed by atoms with Crippen LogP contribution in [0.15, 0.2) is 47.2 Å². The summed E-state index contributed by atoms with van der Waals surface area (Å²) < 4.78 is 16.0. The maximum Gasteiger partial charge on any atom is 0.305 e. The van der Waals surface area contributed by atoms with Gasteiger partial charge in [-0.25, -0.2) is 0 Å². The van der Waals surface area contributed by atoms with Crippen LogP contribution in [0.4, 0.5) is 0 Å². The largest absolute Gasteiger partial charge is 0.486 e. The van der Waals surface area contributed by atoms with Gasteiger partial charge in [-0.1, -0.05) is 0 Å². The van der Waals surface area contributed by atoms with Crippen molar-refractivity contribution < 1.29 is 23.5 Å². The van der Waals surface area contributed by atoms with Gasteiger partial charge in [-0.05, 0) is 30.3 Å². The van der Waals surface area contributed by atoms with Crippen LogP contribution < -0.4 is 20.3 Å². The fourth-order valence-corrected chi connectivity index (χ4v) is 2.53. The van der Waals surface area contributed by atoms with E-state index in [4.69, 9.17) is 13.9 Å². The molecule has 26 heavy (non-hydrogen) atoms. The van der Waals surface area contributed by atoms with Crippen molar-refractivity contribution in [1.29, 1.82) is 0 Å². The van der Waals surface area contributed by atoms with Gasteiger partial charge in [-0.3, -0.25) is 25.5 Å². The van der Waals surface area contributed by atoms with Crippen LogP contribution >= 0.6 is 0 Å². The number of hydrogen-bond donors (Lipinski definition) is 3. The van der Waals surface area contributed by atoms with Gasteiger partial charge >= 0.3 is 5.91 Å². The lowest BCUT2D eigenvalue weighted by Crippen LogP contribution is -2.41. The van der Waals surface area contributed by atoms with Crippen LogP contribution in [0, 0.1) is 0 Å². The van der Waals surface area contributed by atoms with Crippen molar-refractivity contribution >= 4 is 11.8 Å². The predicted molar refractivity (Wildman–Crippen MR) is 88.7 cm³/mol. The maximum atomic E-state index is 12.4. The molecular weight excluding hydrogens is 340 g/mol. The molecule has 0 atom stereocenters. The lowest BCUT2D eigenvalue weighted by molar-refractivity contribution is 0.0831. The third-order valence-corrected chi connectivity index (χ3v) is 3.75. The molecule has 3 heterocycles. The Bertz CT molecular complexity index is 948. The highest BCUT2D eigenvalue weighted by molar-refractivity contribution is 6.01. The van der Waals surface area contributed by atoms with Crippen LogP contribution in [0.5, 0.6) is 11.5 Å². The Kier molecular flexibility index (Phi) is 4.02. The van der Waals surface area contributed by atoms with E-state index < -0.39 is 11.8 Å². The first-order chi connectivity index (χ1) is 12.7. The maximum absolute atomic E-state index is 12.4. The summed E-state index contributed by atoms with van der Waals surface area (Å²) in [5, 5.41) is 6.71. The number of carbonyl (C=O) groups is 2. The monoisotopic (exact) mass is 354 g/mol. The van der Waals surface area contributed by atoms with Crippen molar-refractivity contribution in [3.63, 3.8) is 0 Å². The predicted octanol–water partition coefficient (Wildman–Crippen LogP) is 1.52. The number of fused-ring (bicyclic) bond motifs is 1. The van der Waals surface area contributed by atoms with E-state index in [1.165, 1.54) is 18.5 Å². The van der Waals surface area contributed by atoms with E-state index in [2.05, 4.69) is 21.0 Å². The number of aromatic amines is 1. The lowest BCUT2D eigenvalue weighted by atomic mass is 10.1. The number of amides is 2. The van der Waals surface area contributed by atoms with Crippen molar-refractivity contribution in [3.8, 4) is 22.8 Å². The summed E-state index contributed by atoms with van der Waals surface area (Å²) in [4.78, 5) is 24.2. The van der Waals surface area contributed by atoms with Gasteiger partial charge in [0.15, 0.2) is 17.3 Å². The van der Waals surface area contributed by atoms with Gasteiger partial charge < -0.3 is 13.9 Å². The zero-order valence-corrected chi connectivity index (χ0v) is 13.4. The molecule has 0 bridgehead atoms. The molecule has 9 nitrogen and oxygen atoms in total. The number of nitrogens with zero attached hydrogens (tertiary/aromatic N) is 1. The van der Waals surface area contributed by atoms with E-state index in [0.29, 0.717) is 36.0 Å². The van der Waals surface area contributed by atoms with Crippen LogP contribution in [0.3, 0.4) is 0 Å². The van der Waals surface area contributed by atoms with Crippen molar-refractivity contribution in [1.82, 2.24) is 21.0 Å². The number of hydrogen-bond acceptors (Lipinski definition) is 6. The fourth-order valence-electron chi connectivity index (χ4n) is 2.53. The number of furan rings is 1. The van der Waals surface area contributed by atoms with Gasteiger partial charge in [0, 0.05) is 5.56 Å². The van der Waals surface area contributed by atoms with Crippen molar-refractivity contribution in [3.05, 3.63) is 54.1 Å². The molecule has 3 N–H and O–H groups in total. The Hall–Kier alpha value is -3.75. The van der Waals surface area contributed by atoms with Crippen molar-refractivity contribution in [2.45, 2.75) is 0 Å². The Morgan fingerprint density at radius 1 is 1.04 bits per heavy atom. The molecular formula is C17H14N4O5. The van der Waals surface area contributed by atoms with Gasteiger partial charge in [0.25, 0.3) is 5.91 Å². The highest BCUT2D eigenvalue weighted by Crippen LogP contribution is 2.34. The van der Waals surface area contributed by atoms with E-state index in [-0.39, 0.29) is 11.3 Å². The van der Waals surface area contributed by atoms with Crippen LogP contribution in [0.1, 0.15) is 20.9 Å². The molecule has 4 rings (SSSR count). The molecule has 3 aromatic rings. The van der Waals surface area contributed by atoms with Crippen LogP contribution in [0.25, 0.3) is 11.3 Å². The minimum absolute atomic E-state index is 0.0875. The molecule has 1 aliphatic rings. The van der Waals surface area contributed by atoms with Crippen molar-refractivity contribution in [2.75, 3.05) is 13.2 Å². The van der Waals surface area contributed by atoms with E-state index >= 15 is 0 Å². The molecule has 1 aliphatic heterocycles. The van der Waals surface area contributed by atoms with Crippen LogP contribution in [-0.2, 0) is 0 Å². The van der Waals surface area contributed by atoms with Gasteiger partial charge in [-0.2, -0.15) is 5.10 Å². The molecule has 0 saturated carbocycles. The highest BCUT2D eigenvalue weighted by Gasteiger charge is 2.19. The minimum atomic E-state index is -0.562. The Morgan fingerprint density at radius 2 is 1.85 bits per heavy atom. The quantitative estimate of drug-likeness (QED) is 0.614. The third kappa shape index (κ3) is 2.97. The lowest BCUT2D eigenvalue weighted by Gasteiger charge is -2.18. The smallest absolute Gasteiger partial charge is 0.305 e. The Labute approximate surface area is 147 Å². The average Bonchev–Trinajstić information content (AvgIpc) is 3.37. The first-order valence-corrected chi connectivity index (χ1v) is 7.80. The summed E-state index contributed by atoms with van der Waals surface area (Å²) in [7, 11) is 0. The van der Waals surface area contributed by atoms with Crippen LogP contribution in [0.2, 0.25) is 0 Å². The third-order valence-electron chi connectivity index (χ3n) is 3.75. The summed E-state index contributed by atoms with van der Waals surface area (Å²) in [6.07, 6.45) is 2.74. The Morgan fingerprint density at radius 3 is 2.65 bits per heavy atom. The number of H-pyrrole nitrogens is 1. The second-order valence-corrected chi connectivity index (χ2v) is 5.40. The topological polar surface area (TPSA) is 118 Å². The fraction of sp³-hybridized carbons (Fsp3) is 0.118. The number of carbonyl (C=O) groups excluding carboxylic acids is 2. The molecule has 2 aromatic heterocycles. The van der Waals surface area contributed by atoms with Gasteiger partial charge in [0.2, 0.25) is 0 Å². The highest BCUT2D eigenvalue weighted by atomic mass is 16.6. The second-order valence-electron chi connectivity index (χ2n) is 5.40. The molecule has 0 unspecified atom stereocenters. The first-order valence-electron chi connectivity index (χ1n) is 7.80. The number of benzene rings is 1. The summed E-state index contributed by atoms with van der Waals surface area (Å²) in [6, 6.07) is 8.39. The second kappa shape index (κ2) is 6.63. The molecule has 0 fully saturated rings. The molecule has 0 saturated heterocycles. The van der Waals surface area contributed by atoms with Gasteiger partial charge in [0.1, 0.15) is 13.2 Å². The van der Waals surface area contributed by atoms with Crippen molar-refractivity contribution in [2.24, 2.45) is 0 Å². The Balaban J connectivity index is 1.51. The standard InChI is InChI=1S/C17H14N4O5/c22-16(20-21-17(23)13-2-1-5-24-13)11-9-18-19-15(11)10-3-4-12-14(8-10)26-7-6-25-12/h1-5,8-9H,6-7H2,(H,18,19)(H,20,22)(H,21,23). The molecule has 2 amide bonds. The van der Waals surface area contributed by atoms with Crippen LogP contribution in [-0.4, -0.2) is 35.2 Å². The summed E-state index contributed by atoms with van der Waals surface area (Å²) in [6.45, 7) is 0.963.